The number of methoxy groups -OCH3 is 1. The third-order valence-electron chi connectivity index (χ3n) is 3.76. The molecule has 9 heteroatoms. The molecule has 25 heavy (non-hydrogen) atoms. The van der Waals surface area contributed by atoms with Crippen molar-refractivity contribution >= 4 is 11.6 Å². The van der Waals surface area contributed by atoms with Crippen LogP contribution in [0.2, 0.25) is 0 Å². The number of aromatic nitrogens is 4. The number of hydrogen-bond donors (Lipinski definition) is 0. The minimum Gasteiger partial charge on any atom is -0.497 e. The van der Waals surface area contributed by atoms with Crippen LogP contribution in [0.1, 0.15) is 18.2 Å². The summed E-state index contributed by atoms with van der Waals surface area (Å²) in [5.41, 5.74) is -0.0579. The summed E-state index contributed by atoms with van der Waals surface area (Å²) < 4.78 is 45.8. The summed E-state index contributed by atoms with van der Waals surface area (Å²) >= 11 is 0. The molecule has 2 heterocycles. The van der Waals surface area contributed by atoms with Gasteiger partial charge in [0.1, 0.15) is 17.9 Å². The van der Waals surface area contributed by atoms with Crippen molar-refractivity contribution in [2.24, 2.45) is 0 Å². The standard InChI is InChI=1S/C16H16F3N5O/c1-3-23(9-11-4-6-12(25-2)7-5-11)14-8-13(16(17,18)19)22-15-20-10-21-24(14)15/h4-8,10H,3,9H2,1-2H3. The number of halogens is 3. The highest BCUT2D eigenvalue weighted by molar-refractivity contribution is 5.48. The van der Waals surface area contributed by atoms with Crippen LogP contribution < -0.4 is 9.64 Å². The Hall–Kier alpha value is -2.84. The summed E-state index contributed by atoms with van der Waals surface area (Å²) in [5.74, 6) is 0.917. The topological polar surface area (TPSA) is 55.5 Å². The maximum Gasteiger partial charge on any atom is 0.433 e. The van der Waals surface area contributed by atoms with Crippen molar-refractivity contribution in [1.29, 1.82) is 0 Å². The molecule has 0 saturated carbocycles. The van der Waals surface area contributed by atoms with Gasteiger partial charge in [-0.25, -0.2) is 4.98 Å². The van der Waals surface area contributed by atoms with E-state index in [1.165, 1.54) is 10.8 Å². The first kappa shape index (κ1) is 17.0. The van der Waals surface area contributed by atoms with Crippen LogP contribution in [0.15, 0.2) is 36.7 Å². The highest BCUT2D eigenvalue weighted by Gasteiger charge is 2.34. The van der Waals surface area contributed by atoms with Crippen LogP contribution in [0.3, 0.4) is 0 Å². The predicted molar refractivity (Wildman–Crippen MR) is 85.5 cm³/mol. The molecular formula is C16H16F3N5O. The normalized spacial score (nSPS) is 11.7. The smallest absolute Gasteiger partial charge is 0.433 e. The Kier molecular flexibility index (Phi) is 4.47. The lowest BCUT2D eigenvalue weighted by molar-refractivity contribution is -0.141. The summed E-state index contributed by atoms with van der Waals surface area (Å²) in [4.78, 5) is 9.11. The first-order valence-electron chi connectivity index (χ1n) is 7.58. The average Bonchev–Trinajstić information content (AvgIpc) is 3.07. The van der Waals surface area contributed by atoms with Crippen molar-refractivity contribution in [3.63, 3.8) is 0 Å². The summed E-state index contributed by atoms with van der Waals surface area (Å²) in [7, 11) is 1.57. The Morgan fingerprint density at radius 2 is 1.92 bits per heavy atom. The molecule has 0 radical (unpaired) electrons. The summed E-state index contributed by atoms with van der Waals surface area (Å²) in [6, 6.07) is 8.34. The van der Waals surface area contributed by atoms with Crippen LogP contribution in [0.4, 0.5) is 19.0 Å². The van der Waals surface area contributed by atoms with Gasteiger partial charge in [0.15, 0.2) is 5.69 Å². The first-order chi connectivity index (χ1) is 11.9. The van der Waals surface area contributed by atoms with E-state index < -0.39 is 11.9 Å². The van der Waals surface area contributed by atoms with E-state index in [0.717, 1.165) is 11.6 Å². The molecule has 3 rings (SSSR count). The van der Waals surface area contributed by atoms with Gasteiger partial charge in [-0.15, -0.1) is 0 Å². The quantitative estimate of drug-likeness (QED) is 0.707. The maximum atomic E-state index is 13.1. The van der Waals surface area contributed by atoms with Crippen molar-refractivity contribution in [3.8, 4) is 5.75 Å². The van der Waals surface area contributed by atoms with Crippen LogP contribution in [0.25, 0.3) is 5.78 Å². The Balaban J connectivity index is 2.00. The second-order valence-electron chi connectivity index (χ2n) is 5.33. The van der Waals surface area contributed by atoms with Crippen molar-refractivity contribution in [2.45, 2.75) is 19.6 Å². The van der Waals surface area contributed by atoms with Gasteiger partial charge in [-0.2, -0.15) is 27.8 Å². The molecule has 0 spiro atoms. The van der Waals surface area contributed by atoms with E-state index in [2.05, 4.69) is 15.1 Å². The van der Waals surface area contributed by atoms with E-state index >= 15 is 0 Å². The lowest BCUT2D eigenvalue weighted by atomic mass is 10.2. The zero-order valence-corrected chi connectivity index (χ0v) is 13.7. The van der Waals surface area contributed by atoms with Gasteiger partial charge in [0.05, 0.1) is 7.11 Å². The van der Waals surface area contributed by atoms with Crippen molar-refractivity contribution < 1.29 is 17.9 Å². The van der Waals surface area contributed by atoms with Gasteiger partial charge in [0.25, 0.3) is 5.78 Å². The molecular weight excluding hydrogens is 335 g/mol. The fraction of sp³-hybridized carbons (Fsp3) is 0.312. The minimum absolute atomic E-state index is 0.0852. The Morgan fingerprint density at radius 3 is 2.52 bits per heavy atom. The van der Waals surface area contributed by atoms with Crippen LogP contribution >= 0.6 is 0 Å². The summed E-state index contributed by atoms with van der Waals surface area (Å²) in [5, 5.41) is 3.99. The molecule has 3 aromatic rings. The van der Waals surface area contributed by atoms with Crippen molar-refractivity contribution in [1.82, 2.24) is 19.6 Å². The number of fused-ring (bicyclic) bond motifs is 1. The SMILES string of the molecule is CCN(Cc1ccc(OC)cc1)c1cc(C(F)(F)F)nc2ncnn12. The van der Waals surface area contributed by atoms with E-state index in [9.17, 15) is 13.2 Å². The molecule has 1 aromatic carbocycles. The third kappa shape index (κ3) is 3.49. The largest absolute Gasteiger partial charge is 0.497 e. The fourth-order valence-corrected chi connectivity index (χ4v) is 2.47. The van der Waals surface area contributed by atoms with E-state index in [0.29, 0.717) is 18.8 Å². The predicted octanol–water partition coefficient (Wildman–Crippen LogP) is 3.18. The summed E-state index contributed by atoms with van der Waals surface area (Å²) in [6.07, 6.45) is -3.37. The molecule has 0 unspecified atom stereocenters. The van der Waals surface area contributed by atoms with Gasteiger partial charge in [-0.05, 0) is 24.6 Å². The van der Waals surface area contributed by atoms with E-state index in [1.54, 1.807) is 12.0 Å². The average molecular weight is 351 g/mol. The van der Waals surface area contributed by atoms with Crippen LogP contribution in [-0.4, -0.2) is 33.2 Å². The van der Waals surface area contributed by atoms with Gasteiger partial charge in [-0.3, -0.25) is 0 Å². The first-order valence-corrected chi connectivity index (χ1v) is 7.58. The van der Waals surface area contributed by atoms with Gasteiger partial charge in [-0.1, -0.05) is 12.1 Å². The number of rotatable bonds is 5. The summed E-state index contributed by atoms with van der Waals surface area (Å²) in [6.45, 7) is 2.76. The number of anilines is 1. The number of alkyl halides is 3. The van der Waals surface area contributed by atoms with Crippen molar-refractivity contribution in [2.75, 3.05) is 18.6 Å². The molecule has 0 aliphatic rings. The number of ether oxygens (including phenoxy) is 1. The van der Waals surface area contributed by atoms with Gasteiger partial charge < -0.3 is 9.64 Å². The van der Waals surface area contributed by atoms with Gasteiger partial charge >= 0.3 is 6.18 Å². The molecule has 0 bridgehead atoms. The fourth-order valence-electron chi connectivity index (χ4n) is 2.47. The zero-order chi connectivity index (χ0) is 18.0. The van der Waals surface area contributed by atoms with Gasteiger partial charge in [0.2, 0.25) is 0 Å². The highest BCUT2D eigenvalue weighted by Crippen LogP contribution is 2.31. The number of nitrogens with zero attached hydrogens (tertiary/aromatic N) is 5. The molecule has 2 aromatic heterocycles. The Morgan fingerprint density at radius 1 is 1.20 bits per heavy atom. The second kappa shape index (κ2) is 6.58. The van der Waals surface area contributed by atoms with E-state index in [-0.39, 0.29) is 11.6 Å². The van der Waals surface area contributed by atoms with Gasteiger partial charge in [0, 0.05) is 19.2 Å². The van der Waals surface area contributed by atoms with E-state index in [1.807, 2.05) is 31.2 Å². The molecule has 6 nitrogen and oxygen atoms in total. The molecule has 0 fully saturated rings. The second-order valence-corrected chi connectivity index (χ2v) is 5.33. The number of hydrogen-bond acceptors (Lipinski definition) is 5. The molecule has 0 aliphatic carbocycles. The number of benzene rings is 1. The molecule has 0 N–H and O–H groups in total. The molecule has 132 valence electrons. The van der Waals surface area contributed by atoms with E-state index in [4.69, 9.17) is 4.74 Å². The lowest BCUT2D eigenvalue weighted by Crippen LogP contribution is -2.26. The Labute approximate surface area is 141 Å². The van der Waals surface area contributed by atoms with Crippen molar-refractivity contribution in [3.05, 3.63) is 47.9 Å². The zero-order valence-electron chi connectivity index (χ0n) is 13.7. The molecule has 0 atom stereocenters. The molecule has 0 saturated heterocycles. The Bertz CT molecular complexity index is 860. The maximum absolute atomic E-state index is 13.1. The molecule has 0 aliphatic heterocycles. The lowest BCUT2D eigenvalue weighted by Gasteiger charge is -2.24. The van der Waals surface area contributed by atoms with Crippen LogP contribution in [0, 0.1) is 0 Å². The monoisotopic (exact) mass is 351 g/mol. The third-order valence-corrected chi connectivity index (χ3v) is 3.76. The van der Waals surface area contributed by atoms with Crippen LogP contribution in [-0.2, 0) is 12.7 Å². The molecule has 0 amide bonds. The minimum atomic E-state index is -4.55. The highest BCUT2D eigenvalue weighted by atomic mass is 19.4. The van der Waals surface area contributed by atoms with Crippen LogP contribution in [0.5, 0.6) is 5.75 Å².